The summed E-state index contributed by atoms with van der Waals surface area (Å²) in [5.74, 6) is 0.618. The first kappa shape index (κ1) is 24.5. The van der Waals surface area contributed by atoms with Gasteiger partial charge in [-0.1, -0.05) is 65.8 Å². The maximum atomic E-state index is 13.5. The van der Waals surface area contributed by atoms with Crippen molar-refractivity contribution < 1.29 is 22.8 Å². The van der Waals surface area contributed by atoms with E-state index in [1.807, 2.05) is 48.5 Å². The summed E-state index contributed by atoms with van der Waals surface area (Å²) in [5.41, 5.74) is 2.32. The third-order valence-corrected chi connectivity index (χ3v) is 9.05. The van der Waals surface area contributed by atoms with E-state index < -0.39 is 22.2 Å². The molecule has 2 saturated heterocycles. The molecule has 0 saturated carbocycles. The second-order valence-corrected chi connectivity index (χ2v) is 11.6. The Morgan fingerprint density at radius 2 is 1.69 bits per heavy atom. The summed E-state index contributed by atoms with van der Waals surface area (Å²) < 4.78 is 34.1. The van der Waals surface area contributed by atoms with Crippen LogP contribution in [0.2, 0.25) is 0 Å². The number of sulfonamides is 1. The Labute approximate surface area is 210 Å². The summed E-state index contributed by atoms with van der Waals surface area (Å²) in [6.45, 7) is 0.806. The van der Waals surface area contributed by atoms with Gasteiger partial charge in [0.25, 0.3) is 0 Å². The van der Waals surface area contributed by atoms with E-state index in [1.54, 1.807) is 0 Å². The molecule has 10 heteroatoms. The molecule has 0 spiro atoms. The summed E-state index contributed by atoms with van der Waals surface area (Å²) in [4.78, 5) is 16.9. The zero-order valence-electron chi connectivity index (χ0n) is 19.9. The number of aromatic nitrogens is 2. The van der Waals surface area contributed by atoms with Crippen molar-refractivity contribution in [2.45, 2.75) is 37.6 Å². The van der Waals surface area contributed by atoms with Gasteiger partial charge in [-0.25, -0.2) is 13.2 Å². The quantitative estimate of drug-likeness (QED) is 0.466. The zero-order valence-corrected chi connectivity index (χ0v) is 20.8. The van der Waals surface area contributed by atoms with Gasteiger partial charge < -0.3 is 14.5 Å². The molecule has 2 aliphatic rings. The first-order valence-electron chi connectivity index (χ1n) is 12.3. The molecule has 2 fully saturated rings. The molecule has 0 radical (unpaired) electrons. The lowest BCUT2D eigenvalue weighted by molar-refractivity contribution is 0.0888. The molecule has 5 rings (SSSR count). The topological polar surface area (TPSA) is 117 Å². The monoisotopic (exact) mass is 510 g/mol. The molecule has 0 bridgehead atoms. The van der Waals surface area contributed by atoms with Crippen LogP contribution in [0.3, 0.4) is 0 Å². The van der Waals surface area contributed by atoms with Crippen molar-refractivity contribution in [2.75, 3.05) is 25.4 Å². The minimum Gasteiger partial charge on any atom is -0.465 e. The molecular weight excluding hydrogens is 480 g/mol. The number of hydrogen-bond donors (Lipinski definition) is 1. The predicted molar refractivity (Wildman–Crippen MR) is 133 cm³/mol. The van der Waals surface area contributed by atoms with Crippen LogP contribution in [-0.4, -0.2) is 64.4 Å². The maximum Gasteiger partial charge on any atom is 0.407 e. The molecular formula is C26H30N4O5S. The molecule has 190 valence electrons. The summed E-state index contributed by atoms with van der Waals surface area (Å²) in [5, 5.41) is 13.2. The summed E-state index contributed by atoms with van der Waals surface area (Å²) in [6, 6.07) is 19.5. The number of hydrogen-bond acceptors (Lipinski definition) is 6. The van der Waals surface area contributed by atoms with E-state index in [0.717, 1.165) is 18.4 Å². The lowest BCUT2D eigenvalue weighted by Crippen LogP contribution is -2.53. The van der Waals surface area contributed by atoms with E-state index in [-0.39, 0.29) is 30.7 Å². The second-order valence-electron chi connectivity index (χ2n) is 9.65. The molecule has 1 aromatic heterocycles. The minimum absolute atomic E-state index is 0.0105. The molecule has 2 aromatic carbocycles. The number of rotatable bonds is 9. The van der Waals surface area contributed by atoms with E-state index in [2.05, 4.69) is 22.3 Å². The molecule has 3 heterocycles. The van der Waals surface area contributed by atoms with Crippen molar-refractivity contribution in [3.05, 3.63) is 83.5 Å². The average molecular weight is 511 g/mol. The number of amides is 1. The highest BCUT2D eigenvalue weighted by Crippen LogP contribution is 2.42. The van der Waals surface area contributed by atoms with Crippen LogP contribution in [0.1, 0.15) is 47.6 Å². The third kappa shape index (κ3) is 5.44. The highest BCUT2D eigenvalue weighted by atomic mass is 32.2. The van der Waals surface area contributed by atoms with Gasteiger partial charge in [0.1, 0.15) is 6.04 Å². The number of likely N-dealkylation sites (tertiary alicyclic amines) is 1. The minimum atomic E-state index is -3.67. The van der Waals surface area contributed by atoms with Gasteiger partial charge in [-0.3, -0.25) is 0 Å². The molecule has 9 nitrogen and oxygen atoms in total. The van der Waals surface area contributed by atoms with Gasteiger partial charge in [-0.15, -0.1) is 0 Å². The molecule has 0 unspecified atom stereocenters. The van der Waals surface area contributed by atoms with Gasteiger partial charge in [0.2, 0.25) is 15.9 Å². The first-order valence-corrected chi connectivity index (χ1v) is 13.9. The molecule has 2 aliphatic heterocycles. The Bertz CT molecular complexity index is 1280. The van der Waals surface area contributed by atoms with Gasteiger partial charge in [0, 0.05) is 32.0 Å². The lowest BCUT2D eigenvalue weighted by atomic mass is 9.96. The molecule has 3 aromatic rings. The van der Waals surface area contributed by atoms with E-state index in [9.17, 15) is 13.2 Å². The van der Waals surface area contributed by atoms with Crippen molar-refractivity contribution in [3.8, 4) is 0 Å². The van der Waals surface area contributed by atoms with Gasteiger partial charge in [0.15, 0.2) is 5.82 Å². The first-order chi connectivity index (χ1) is 17.4. The molecule has 2 atom stereocenters. The Balaban J connectivity index is 1.30. The lowest BCUT2D eigenvalue weighted by Gasteiger charge is -2.37. The van der Waals surface area contributed by atoms with Crippen LogP contribution >= 0.6 is 0 Å². The van der Waals surface area contributed by atoms with E-state index >= 15 is 0 Å². The fourth-order valence-corrected chi connectivity index (χ4v) is 7.10. The normalized spacial score (nSPS) is 20.9. The smallest absolute Gasteiger partial charge is 0.407 e. The SMILES string of the molecule is O=C(O)N1CC(CS(=O)(=O)N2C[C@H](c3ccccc3)C[C@H]2c2nc(CCCc3ccccc3)no2)C1. The number of nitrogens with zero attached hydrogens (tertiary/aromatic N) is 4. The van der Waals surface area contributed by atoms with Crippen LogP contribution in [0.25, 0.3) is 0 Å². The van der Waals surface area contributed by atoms with Crippen LogP contribution < -0.4 is 0 Å². The van der Waals surface area contributed by atoms with E-state index in [1.165, 1.54) is 14.8 Å². The van der Waals surface area contributed by atoms with Gasteiger partial charge in [-0.2, -0.15) is 9.29 Å². The molecule has 1 N–H and O–H groups in total. The molecule has 1 amide bonds. The number of carbonyl (C=O) groups is 1. The third-order valence-electron chi connectivity index (χ3n) is 7.04. The Morgan fingerprint density at radius 3 is 2.39 bits per heavy atom. The number of aryl methyl sites for hydroxylation is 2. The molecule has 36 heavy (non-hydrogen) atoms. The van der Waals surface area contributed by atoms with Crippen LogP contribution in [0.5, 0.6) is 0 Å². The van der Waals surface area contributed by atoms with Gasteiger partial charge in [-0.05, 0) is 36.3 Å². The Kier molecular flexibility index (Phi) is 7.06. The standard InChI is InChI=1S/C26H30N4O5S/c31-26(32)29-15-20(16-29)18-36(33,34)30-17-22(21-11-5-2-6-12-21)14-23(30)25-27-24(28-35-25)13-7-10-19-8-3-1-4-9-19/h1-6,8-9,11-12,20,22-23H,7,10,13-18H2,(H,31,32)/t22-,23+/m1/s1. The van der Waals surface area contributed by atoms with E-state index in [4.69, 9.17) is 9.63 Å². The fraction of sp³-hybridized carbons (Fsp3) is 0.423. The fourth-order valence-electron chi connectivity index (χ4n) is 5.13. The predicted octanol–water partition coefficient (Wildman–Crippen LogP) is 3.72. The second kappa shape index (κ2) is 10.4. The van der Waals surface area contributed by atoms with Crippen molar-refractivity contribution in [2.24, 2.45) is 5.92 Å². The highest BCUT2D eigenvalue weighted by molar-refractivity contribution is 7.89. The van der Waals surface area contributed by atoms with Crippen LogP contribution in [0.15, 0.2) is 65.2 Å². The summed E-state index contributed by atoms with van der Waals surface area (Å²) in [6.07, 6.45) is 1.95. The summed E-state index contributed by atoms with van der Waals surface area (Å²) >= 11 is 0. The number of benzene rings is 2. The zero-order chi connectivity index (χ0) is 25.1. The highest BCUT2D eigenvalue weighted by Gasteiger charge is 2.45. The van der Waals surface area contributed by atoms with Crippen molar-refractivity contribution in [3.63, 3.8) is 0 Å². The van der Waals surface area contributed by atoms with Crippen LogP contribution in [0, 0.1) is 5.92 Å². The van der Waals surface area contributed by atoms with Crippen molar-refractivity contribution >= 4 is 16.1 Å². The largest absolute Gasteiger partial charge is 0.465 e. The van der Waals surface area contributed by atoms with Crippen LogP contribution in [-0.2, 0) is 22.9 Å². The van der Waals surface area contributed by atoms with Gasteiger partial charge in [0.05, 0.1) is 5.75 Å². The Morgan fingerprint density at radius 1 is 1.00 bits per heavy atom. The Hall–Kier alpha value is -3.24. The number of carboxylic acid groups (broad SMARTS) is 1. The van der Waals surface area contributed by atoms with Gasteiger partial charge >= 0.3 is 6.09 Å². The van der Waals surface area contributed by atoms with Crippen molar-refractivity contribution in [1.82, 2.24) is 19.3 Å². The molecule has 0 aliphatic carbocycles. The van der Waals surface area contributed by atoms with E-state index in [0.29, 0.717) is 31.1 Å². The van der Waals surface area contributed by atoms with Crippen LogP contribution in [0.4, 0.5) is 4.79 Å². The maximum absolute atomic E-state index is 13.5. The van der Waals surface area contributed by atoms with Crippen molar-refractivity contribution in [1.29, 1.82) is 0 Å². The summed E-state index contributed by atoms with van der Waals surface area (Å²) in [7, 11) is -3.67. The average Bonchev–Trinajstić information content (AvgIpc) is 3.50.